The summed E-state index contributed by atoms with van der Waals surface area (Å²) >= 11 is 0. The van der Waals surface area contributed by atoms with E-state index in [1.54, 1.807) is 19.6 Å². The highest BCUT2D eigenvalue weighted by Crippen LogP contribution is 2.66. The monoisotopic (exact) mass is 616 g/mol. The Kier molecular flexibility index (Phi) is 8.84. The van der Waals surface area contributed by atoms with Crippen LogP contribution in [-0.2, 0) is 9.53 Å². The number of hydrogen-bond donors (Lipinski definition) is 0. The van der Waals surface area contributed by atoms with Crippen molar-refractivity contribution in [1.82, 2.24) is 9.80 Å². The van der Waals surface area contributed by atoms with Gasteiger partial charge in [-0.05, 0) is 143 Å². The number of ether oxygens (including phenoxy) is 3. The molecule has 5 fully saturated rings. The summed E-state index contributed by atoms with van der Waals surface area (Å²) in [6.45, 7) is 13.1. The lowest BCUT2D eigenvalue weighted by Crippen LogP contribution is -2.52. The van der Waals surface area contributed by atoms with Crippen LogP contribution in [0.4, 0.5) is 0 Å². The Bertz CT molecular complexity index is 1310. The van der Waals surface area contributed by atoms with Crippen LogP contribution in [-0.4, -0.2) is 74.4 Å². The second kappa shape index (κ2) is 12.7. The van der Waals surface area contributed by atoms with Crippen molar-refractivity contribution >= 4 is 12.0 Å². The number of rotatable bonds is 8. The molecule has 0 unspecified atom stereocenters. The smallest absolute Gasteiger partial charge is 0.303 e. The first-order valence-electron chi connectivity index (χ1n) is 18.1. The van der Waals surface area contributed by atoms with Crippen LogP contribution in [0.3, 0.4) is 0 Å². The van der Waals surface area contributed by atoms with Gasteiger partial charge in [0.1, 0.15) is 12.7 Å². The van der Waals surface area contributed by atoms with Crippen molar-refractivity contribution in [2.45, 2.75) is 104 Å². The van der Waals surface area contributed by atoms with Gasteiger partial charge in [-0.25, -0.2) is 0 Å². The summed E-state index contributed by atoms with van der Waals surface area (Å²) < 4.78 is 18.2. The number of hydrogen-bond acceptors (Lipinski definition) is 6. The molecule has 7 rings (SSSR count). The lowest BCUT2D eigenvalue weighted by Gasteiger charge is -2.58. The summed E-state index contributed by atoms with van der Waals surface area (Å²) in [7, 11) is 1.71. The van der Waals surface area contributed by atoms with Gasteiger partial charge < -0.3 is 19.1 Å². The van der Waals surface area contributed by atoms with Crippen molar-refractivity contribution in [2.75, 3.05) is 46.4 Å². The van der Waals surface area contributed by atoms with E-state index < -0.39 is 0 Å². The Morgan fingerprint density at radius 2 is 1.76 bits per heavy atom. The molecule has 2 saturated heterocycles. The van der Waals surface area contributed by atoms with Crippen molar-refractivity contribution in [1.29, 1.82) is 0 Å². The predicted octanol–water partition coefficient (Wildman–Crippen LogP) is 7.52. The second-order valence-corrected chi connectivity index (χ2v) is 15.7. The molecule has 45 heavy (non-hydrogen) atoms. The summed E-state index contributed by atoms with van der Waals surface area (Å²) in [4.78, 5) is 17.8. The lowest BCUT2D eigenvalue weighted by molar-refractivity contribution is -0.154. The number of fused-ring (bicyclic) bond motifs is 5. The Balaban J connectivity index is 1.13. The van der Waals surface area contributed by atoms with Gasteiger partial charge in [0.05, 0.1) is 7.11 Å². The van der Waals surface area contributed by atoms with Crippen LogP contribution in [0.25, 0.3) is 6.08 Å². The van der Waals surface area contributed by atoms with E-state index in [-0.39, 0.29) is 17.5 Å². The van der Waals surface area contributed by atoms with E-state index in [4.69, 9.17) is 14.2 Å². The minimum atomic E-state index is -0.174. The van der Waals surface area contributed by atoms with Crippen LogP contribution in [0.2, 0.25) is 0 Å². The number of carbonyl (C=O) groups is 1. The zero-order chi connectivity index (χ0) is 31.2. The molecular formula is C39H56N2O4. The third-order valence-corrected chi connectivity index (χ3v) is 13.3. The fraction of sp³-hybridized carbons (Fsp3) is 0.718. The summed E-state index contributed by atoms with van der Waals surface area (Å²) in [5.74, 6) is 3.27. The van der Waals surface area contributed by atoms with E-state index in [0.717, 1.165) is 48.4 Å². The van der Waals surface area contributed by atoms with Crippen LogP contribution >= 0.6 is 0 Å². The maximum Gasteiger partial charge on any atom is 0.303 e. The minimum Gasteiger partial charge on any atom is -0.493 e. The topological polar surface area (TPSA) is 51.2 Å². The van der Waals surface area contributed by atoms with Gasteiger partial charge in [-0.1, -0.05) is 37.6 Å². The molecule has 6 nitrogen and oxygen atoms in total. The summed E-state index contributed by atoms with van der Waals surface area (Å²) in [5, 5.41) is 0. The third kappa shape index (κ3) is 5.88. The van der Waals surface area contributed by atoms with Gasteiger partial charge in [0.25, 0.3) is 0 Å². The van der Waals surface area contributed by atoms with E-state index in [1.165, 1.54) is 89.5 Å². The Morgan fingerprint density at radius 3 is 2.51 bits per heavy atom. The number of carbonyl (C=O) groups excluding carboxylic acids is 1. The molecule has 6 heteroatoms. The molecule has 6 aliphatic rings. The van der Waals surface area contributed by atoms with Gasteiger partial charge in [-0.3, -0.25) is 9.69 Å². The second-order valence-electron chi connectivity index (χ2n) is 15.7. The molecule has 0 spiro atoms. The van der Waals surface area contributed by atoms with E-state index in [9.17, 15) is 4.79 Å². The molecule has 0 radical (unpaired) electrons. The van der Waals surface area contributed by atoms with Gasteiger partial charge in [-0.15, -0.1) is 0 Å². The molecule has 4 aliphatic carbocycles. The van der Waals surface area contributed by atoms with Gasteiger partial charge in [0.15, 0.2) is 11.5 Å². The lowest BCUT2D eigenvalue weighted by atomic mass is 9.48. The summed E-state index contributed by atoms with van der Waals surface area (Å²) in [6, 6.07) is 7.01. The first-order chi connectivity index (χ1) is 21.8. The fourth-order valence-electron chi connectivity index (χ4n) is 10.8. The number of methoxy groups -OCH3 is 1. The zero-order valence-corrected chi connectivity index (χ0v) is 28.3. The van der Waals surface area contributed by atoms with Crippen molar-refractivity contribution in [3.63, 3.8) is 0 Å². The van der Waals surface area contributed by atoms with Gasteiger partial charge in [0, 0.05) is 24.9 Å². The average Bonchev–Trinajstić information content (AvgIpc) is 3.80. The molecule has 246 valence electrons. The third-order valence-electron chi connectivity index (χ3n) is 13.3. The van der Waals surface area contributed by atoms with Gasteiger partial charge in [-0.2, -0.15) is 0 Å². The number of benzene rings is 1. The van der Waals surface area contributed by atoms with E-state index in [2.05, 4.69) is 47.9 Å². The molecule has 0 N–H and O–H groups in total. The summed E-state index contributed by atoms with van der Waals surface area (Å²) in [5.41, 5.74) is 4.41. The molecular weight excluding hydrogens is 560 g/mol. The molecule has 7 atom stereocenters. The Hall–Kier alpha value is -2.31. The van der Waals surface area contributed by atoms with Crippen molar-refractivity contribution < 1.29 is 19.0 Å². The number of esters is 1. The van der Waals surface area contributed by atoms with Crippen molar-refractivity contribution in [2.24, 2.45) is 28.6 Å². The van der Waals surface area contributed by atoms with Crippen LogP contribution in [0.15, 0.2) is 35.4 Å². The molecule has 0 bridgehead atoms. The molecule has 0 aromatic heterocycles. The highest BCUT2D eigenvalue weighted by atomic mass is 16.5. The zero-order valence-electron chi connectivity index (χ0n) is 28.3. The fourth-order valence-corrected chi connectivity index (χ4v) is 10.8. The minimum absolute atomic E-state index is 0.0331. The highest BCUT2D eigenvalue weighted by molar-refractivity contribution is 5.68. The molecule has 0 amide bonds. The van der Waals surface area contributed by atoms with E-state index in [0.29, 0.717) is 23.9 Å². The first kappa shape index (κ1) is 31.3. The maximum atomic E-state index is 12.5. The average molecular weight is 617 g/mol. The maximum absolute atomic E-state index is 12.5. The molecule has 3 saturated carbocycles. The largest absolute Gasteiger partial charge is 0.493 e. The van der Waals surface area contributed by atoms with E-state index in [1.807, 2.05) is 6.07 Å². The quantitative estimate of drug-likeness (QED) is 0.222. The van der Waals surface area contributed by atoms with Gasteiger partial charge in [0.2, 0.25) is 0 Å². The SMILES string of the molecule is COc1ccc(/C=C2\C[C@H]3[C@@H]4CC=C5C[C@@H](N6CCCC6)CC[C@]5(C)[C@H]4CC[C@]3(C)[C@H]2OC(C)=O)cc1OCCN1CCCC1. The van der Waals surface area contributed by atoms with Gasteiger partial charge >= 0.3 is 5.97 Å². The number of allylic oxidation sites excluding steroid dienone is 1. The number of nitrogens with zero attached hydrogens (tertiary/aromatic N) is 2. The van der Waals surface area contributed by atoms with Crippen LogP contribution in [0, 0.1) is 28.6 Å². The van der Waals surface area contributed by atoms with Crippen LogP contribution in [0.1, 0.15) is 97.0 Å². The van der Waals surface area contributed by atoms with Crippen LogP contribution in [0.5, 0.6) is 11.5 Å². The van der Waals surface area contributed by atoms with Crippen LogP contribution < -0.4 is 9.47 Å². The van der Waals surface area contributed by atoms with Crippen molar-refractivity contribution in [3.05, 3.63) is 41.0 Å². The summed E-state index contributed by atoms with van der Waals surface area (Å²) in [6.07, 6.45) is 18.6. The number of likely N-dealkylation sites (tertiary alicyclic amines) is 2. The Labute approximate surface area is 271 Å². The molecule has 1 aromatic rings. The molecule has 2 heterocycles. The van der Waals surface area contributed by atoms with E-state index >= 15 is 0 Å². The molecule has 2 aliphatic heterocycles. The highest BCUT2D eigenvalue weighted by Gasteiger charge is 2.61. The first-order valence-corrected chi connectivity index (χ1v) is 18.1. The predicted molar refractivity (Wildman–Crippen MR) is 179 cm³/mol. The Morgan fingerprint density at radius 1 is 0.978 bits per heavy atom. The standard InChI is InChI=1S/C39H56N2O4/c1-27(42)45-37-29(23-28-9-12-35(43-4)36(24-28)44-22-21-40-17-5-6-18-40)25-34-32-11-10-30-26-31(41-19-7-8-20-41)13-15-38(30,2)33(32)14-16-39(34,37)3/h9-10,12,23-24,31-34,37H,5-8,11,13-22,25-26H2,1-4H3/b29-23+/t31-,32+,33-,34-,37-,38-,39-/m0/s1. The normalized spacial score (nSPS) is 37.6. The van der Waals surface area contributed by atoms with Crippen molar-refractivity contribution in [3.8, 4) is 11.5 Å². The molecule has 1 aromatic carbocycles.